The molecule has 0 aliphatic carbocycles. The highest BCUT2D eigenvalue weighted by Crippen LogP contribution is 2.25. The van der Waals surface area contributed by atoms with Gasteiger partial charge >= 0.3 is 0 Å². The highest BCUT2D eigenvalue weighted by molar-refractivity contribution is 6.04. The number of amides is 1. The lowest BCUT2D eigenvalue weighted by atomic mass is 10.00. The lowest BCUT2D eigenvalue weighted by Crippen LogP contribution is -2.39. The van der Waals surface area contributed by atoms with Crippen molar-refractivity contribution in [3.63, 3.8) is 0 Å². The number of nitrogens with zero attached hydrogens (tertiary/aromatic N) is 2. The molecule has 0 spiro atoms. The summed E-state index contributed by atoms with van der Waals surface area (Å²) in [6.45, 7) is 5.80. The molecule has 0 bridgehead atoms. The van der Waals surface area contributed by atoms with E-state index < -0.39 is 0 Å². The first-order valence-electron chi connectivity index (χ1n) is 9.48. The van der Waals surface area contributed by atoms with Gasteiger partial charge in [0.25, 0.3) is 5.91 Å². The van der Waals surface area contributed by atoms with E-state index in [1.54, 1.807) is 12.3 Å². The number of carbonyl (C=O) groups is 1. The fraction of sp³-hybridized carbons (Fsp3) is 0.429. The third-order valence-electron chi connectivity index (χ3n) is 4.82. The molecule has 5 heteroatoms. The molecule has 26 heavy (non-hydrogen) atoms. The van der Waals surface area contributed by atoms with Gasteiger partial charge in [-0.15, -0.1) is 0 Å². The monoisotopic (exact) mass is 353 g/mol. The van der Waals surface area contributed by atoms with Crippen LogP contribution >= 0.6 is 0 Å². The van der Waals surface area contributed by atoms with E-state index in [2.05, 4.69) is 22.1 Å². The average molecular weight is 353 g/mol. The van der Waals surface area contributed by atoms with Gasteiger partial charge in [-0.1, -0.05) is 6.92 Å². The number of aromatic nitrogens is 1. The fourth-order valence-corrected chi connectivity index (χ4v) is 3.45. The maximum Gasteiger partial charge on any atom is 0.255 e. The maximum absolute atomic E-state index is 12.6. The molecule has 1 aliphatic rings. The molecule has 1 unspecified atom stereocenters. The van der Waals surface area contributed by atoms with Gasteiger partial charge in [-0.2, -0.15) is 0 Å². The van der Waals surface area contributed by atoms with Crippen molar-refractivity contribution in [2.75, 3.05) is 23.4 Å². The summed E-state index contributed by atoms with van der Waals surface area (Å²) in [4.78, 5) is 19.5. The fourth-order valence-electron chi connectivity index (χ4n) is 3.45. The van der Waals surface area contributed by atoms with Crippen molar-refractivity contribution >= 4 is 17.4 Å². The molecule has 2 aromatic rings. The number of pyridine rings is 1. The number of anilines is 2. The zero-order valence-electron chi connectivity index (χ0n) is 15.6. The molecule has 1 saturated heterocycles. The zero-order chi connectivity index (χ0) is 18.4. The minimum Gasteiger partial charge on any atom is -0.494 e. The second kappa shape index (κ2) is 8.70. The lowest BCUT2D eigenvalue weighted by molar-refractivity contribution is 0.102. The van der Waals surface area contributed by atoms with Crippen LogP contribution in [0, 0.1) is 0 Å². The Balaban J connectivity index is 1.71. The Bertz CT molecular complexity index is 730. The molecular formula is C21H27N3O2. The molecule has 1 amide bonds. The average Bonchev–Trinajstić information content (AvgIpc) is 2.69. The van der Waals surface area contributed by atoms with Crippen LogP contribution in [0.1, 0.15) is 49.9 Å². The van der Waals surface area contributed by atoms with Crippen LogP contribution in [-0.2, 0) is 0 Å². The van der Waals surface area contributed by atoms with Gasteiger partial charge in [0.05, 0.1) is 6.61 Å². The van der Waals surface area contributed by atoms with Crippen molar-refractivity contribution in [1.29, 1.82) is 0 Å². The first-order valence-corrected chi connectivity index (χ1v) is 9.48. The summed E-state index contributed by atoms with van der Waals surface area (Å²) in [6, 6.07) is 11.6. The van der Waals surface area contributed by atoms with E-state index in [4.69, 9.17) is 4.74 Å². The van der Waals surface area contributed by atoms with Gasteiger partial charge in [-0.05, 0) is 69.0 Å². The number of nitrogens with one attached hydrogen (secondary N) is 1. The number of rotatable bonds is 6. The minimum absolute atomic E-state index is 0.122. The van der Waals surface area contributed by atoms with Gasteiger partial charge in [-0.3, -0.25) is 4.79 Å². The molecule has 0 radical (unpaired) electrons. The summed E-state index contributed by atoms with van der Waals surface area (Å²) in [6.07, 6.45) is 6.47. The predicted octanol–water partition coefficient (Wildman–Crippen LogP) is 4.50. The summed E-state index contributed by atoms with van der Waals surface area (Å²) < 4.78 is 5.43. The van der Waals surface area contributed by atoms with E-state index in [0.29, 0.717) is 18.2 Å². The van der Waals surface area contributed by atoms with Crippen molar-refractivity contribution < 1.29 is 9.53 Å². The quantitative estimate of drug-likeness (QED) is 0.831. The predicted molar refractivity (Wildman–Crippen MR) is 105 cm³/mol. The van der Waals surface area contributed by atoms with Crippen LogP contribution in [0.25, 0.3) is 0 Å². The molecule has 1 N–H and O–H groups in total. The Kier molecular flexibility index (Phi) is 6.10. The Morgan fingerprint density at radius 2 is 2.04 bits per heavy atom. The van der Waals surface area contributed by atoms with Gasteiger partial charge in [-0.25, -0.2) is 4.98 Å². The molecule has 1 aromatic heterocycles. The third kappa shape index (κ3) is 4.34. The molecular weight excluding hydrogens is 326 g/mol. The van der Waals surface area contributed by atoms with Crippen LogP contribution in [0.3, 0.4) is 0 Å². The topological polar surface area (TPSA) is 54.5 Å². The van der Waals surface area contributed by atoms with E-state index >= 15 is 0 Å². The maximum atomic E-state index is 12.6. The van der Waals surface area contributed by atoms with Crippen LogP contribution in [0.15, 0.2) is 42.6 Å². The van der Waals surface area contributed by atoms with Crippen molar-refractivity contribution in [3.8, 4) is 5.75 Å². The third-order valence-corrected chi connectivity index (χ3v) is 4.82. The molecule has 5 nitrogen and oxygen atoms in total. The second-order valence-electron chi connectivity index (χ2n) is 6.57. The van der Waals surface area contributed by atoms with E-state index in [1.165, 1.54) is 19.3 Å². The van der Waals surface area contributed by atoms with E-state index in [-0.39, 0.29) is 5.91 Å². The normalized spacial score (nSPS) is 17.0. The second-order valence-corrected chi connectivity index (χ2v) is 6.57. The standard InChI is InChI=1S/C21H27N3O2/c1-3-18-7-5-6-14-24(18)20-15-16(12-13-22-20)21(25)23-17-8-10-19(11-9-17)26-4-2/h8-13,15,18H,3-7,14H2,1-2H3,(H,23,25). The molecule has 0 saturated carbocycles. The molecule has 2 heterocycles. The Hall–Kier alpha value is -2.56. The van der Waals surface area contributed by atoms with Crippen molar-refractivity contribution in [2.45, 2.75) is 45.6 Å². The van der Waals surface area contributed by atoms with Crippen molar-refractivity contribution in [3.05, 3.63) is 48.2 Å². The minimum atomic E-state index is -0.122. The summed E-state index contributed by atoms with van der Waals surface area (Å²) in [5.41, 5.74) is 1.38. The molecule has 1 atom stereocenters. The van der Waals surface area contributed by atoms with Gasteiger partial charge in [0.1, 0.15) is 11.6 Å². The van der Waals surface area contributed by atoms with Gasteiger partial charge in [0, 0.05) is 30.0 Å². The first-order chi connectivity index (χ1) is 12.7. The van der Waals surface area contributed by atoms with Crippen LogP contribution in [0.5, 0.6) is 5.75 Å². The summed E-state index contributed by atoms with van der Waals surface area (Å²) in [5.74, 6) is 1.58. The number of ether oxygens (including phenoxy) is 1. The Morgan fingerprint density at radius 1 is 1.23 bits per heavy atom. The van der Waals surface area contributed by atoms with Crippen LogP contribution in [-0.4, -0.2) is 30.1 Å². The van der Waals surface area contributed by atoms with E-state index in [1.807, 2.05) is 37.3 Å². The summed E-state index contributed by atoms with van der Waals surface area (Å²) in [5, 5.41) is 2.94. The highest BCUT2D eigenvalue weighted by atomic mass is 16.5. The van der Waals surface area contributed by atoms with Crippen molar-refractivity contribution in [1.82, 2.24) is 4.98 Å². The van der Waals surface area contributed by atoms with Crippen molar-refractivity contribution in [2.24, 2.45) is 0 Å². The van der Waals surface area contributed by atoms with E-state index in [9.17, 15) is 4.79 Å². The van der Waals surface area contributed by atoms with Gasteiger partial charge in [0.2, 0.25) is 0 Å². The Morgan fingerprint density at radius 3 is 2.77 bits per heavy atom. The number of hydrogen-bond donors (Lipinski definition) is 1. The Labute approximate surface area is 155 Å². The molecule has 3 rings (SSSR count). The zero-order valence-corrected chi connectivity index (χ0v) is 15.6. The summed E-state index contributed by atoms with van der Waals surface area (Å²) >= 11 is 0. The highest BCUT2D eigenvalue weighted by Gasteiger charge is 2.22. The van der Waals surface area contributed by atoms with Crippen LogP contribution in [0.4, 0.5) is 11.5 Å². The SMILES string of the molecule is CCOc1ccc(NC(=O)c2ccnc(N3CCCCC3CC)c2)cc1. The van der Waals surface area contributed by atoms with Crippen LogP contribution in [0.2, 0.25) is 0 Å². The molecule has 1 fully saturated rings. The molecule has 1 aromatic carbocycles. The number of benzene rings is 1. The lowest BCUT2D eigenvalue weighted by Gasteiger charge is -2.36. The van der Waals surface area contributed by atoms with Gasteiger partial charge in [0.15, 0.2) is 0 Å². The van der Waals surface area contributed by atoms with Gasteiger partial charge < -0.3 is 15.0 Å². The largest absolute Gasteiger partial charge is 0.494 e. The smallest absolute Gasteiger partial charge is 0.255 e. The van der Waals surface area contributed by atoms with Crippen LogP contribution < -0.4 is 15.0 Å². The van der Waals surface area contributed by atoms with E-state index in [0.717, 1.165) is 30.2 Å². The number of hydrogen-bond acceptors (Lipinski definition) is 4. The number of carbonyl (C=O) groups excluding carboxylic acids is 1. The molecule has 1 aliphatic heterocycles. The first kappa shape index (κ1) is 18.2. The summed E-state index contributed by atoms with van der Waals surface area (Å²) in [7, 11) is 0. The molecule has 138 valence electrons. The number of piperidine rings is 1.